The molecule has 1 aromatic carbocycles. The molecule has 0 spiro atoms. The van der Waals surface area contributed by atoms with Crippen LogP contribution < -0.4 is 4.74 Å². The van der Waals surface area contributed by atoms with E-state index in [1.54, 1.807) is 30.6 Å². The maximum atomic E-state index is 11.9. The van der Waals surface area contributed by atoms with Gasteiger partial charge in [0.1, 0.15) is 17.9 Å². The Hall–Kier alpha value is -3.23. The van der Waals surface area contributed by atoms with Crippen LogP contribution in [0.3, 0.4) is 0 Å². The lowest BCUT2D eigenvalue weighted by molar-refractivity contribution is 0.254. The van der Waals surface area contributed by atoms with Crippen LogP contribution in [0.15, 0.2) is 70.2 Å². The molecule has 0 radical (unpaired) electrons. The molecule has 0 saturated carbocycles. The average Bonchev–Trinajstić information content (AvgIpc) is 3.18. The number of ether oxygens (including phenoxy) is 1. The third-order valence-corrected chi connectivity index (χ3v) is 5.90. The van der Waals surface area contributed by atoms with Gasteiger partial charge in [-0.2, -0.15) is 0 Å². The Morgan fingerprint density at radius 3 is 2.58 bits per heavy atom. The number of rotatable bonds is 7. The Kier molecular flexibility index (Phi) is 5.75. The van der Waals surface area contributed by atoms with Gasteiger partial charge in [0.05, 0.1) is 4.90 Å². The first kappa shape index (κ1) is 21.0. The summed E-state index contributed by atoms with van der Waals surface area (Å²) < 4.78 is 35.6. The Morgan fingerprint density at radius 2 is 1.87 bits per heavy atom. The molecule has 0 unspecified atom stereocenters. The second-order valence-electron chi connectivity index (χ2n) is 7.52. The summed E-state index contributed by atoms with van der Waals surface area (Å²) >= 11 is 0. The van der Waals surface area contributed by atoms with Crippen LogP contribution in [0.5, 0.6) is 5.88 Å². The second-order valence-corrected chi connectivity index (χ2v) is 9.54. The number of likely N-dealkylation sites (N-methyl/N-ethyl adjacent to an activating group) is 1. The van der Waals surface area contributed by atoms with Crippen molar-refractivity contribution in [2.75, 3.05) is 33.5 Å². The normalized spacial score (nSPS) is 11.9. The quantitative estimate of drug-likeness (QED) is 0.433. The SMILES string of the molecule is CN(C)CCOc1ccc(-c2cc3nccc(-c4cccc(S(C)(=O)=O)c4)c3o2)cn1. The van der Waals surface area contributed by atoms with E-state index >= 15 is 0 Å². The van der Waals surface area contributed by atoms with Crippen molar-refractivity contribution < 1.29 is 17.6 Å². The molecule has 0 atom stereocenters. The molecule has 31 heavy (non-hydrogen) atoms. The third kappa shape index (κ3) is 4.76. The number of nitrogens with zero attached hydrogens (tertiary/aromatic N) is 3. The molecule has 0 saturated heterocycles. The van der Waals surface area contributed by atoms with Crippen LogP contribution in [-0.2, 0) is 9.84 Å². The molecule has 0 N–H and O–H groups in total. The van der Waals surface area contributed by atoms with Crippen LogP contribution in [0.4, 0.5) is 0 Å². The zero-order valence-electron chi connectivity index (χ0n) is 17.6. The van der Waals surface area contributed by atoms with Crippen molar-refractivity contribution in [1.29, 1.82) is 0 Å². The summed E-state index contributed by atoms with van der Waals surface area (Å²) in [5.74, 6) is 1.18. The van der Waals surface area contributed by atoms with Gasteiger partial charge in [-0.15, -0.1) is 0 Å². The van der Waals surface area contributed by atoms with Gasteiger partial charge in [-0.25, -0.2) is 13.4 Å². The number of hydrogen-bond donors (Lipinski definition) is 0. The summed E-state index contributed by atoms with van der Waals surface area (Å²) in [7, 11) is 0.665. The molecule has 0 amide bonds. The standard InChI is InChI=1S/C23H23N3O4S/c1-26(2)11-12-29-22-8-7-17(15-25-22)21-14-20-23(30-21)19(9-10-24-20)16-5-4-6-18(13-16)31(3,27)28/h4-10,13-15H,11-12H2,1-3H3. The number of hydrogen-bond acceptors (Lipinski definition) is 7. The fourth-order valence-electron chi connectivity index (χ4n) is 3.15. The molecule has 4 rings (SSSR count). The highest BCUT2D eigenvalue weighted by molar-refractivity contribution is 7.90. The number of sulfone groups is 1. The van der Waals surface area contributed by atoms with Crippen molar-refractivity contribution in [1.82, 2.24) is 14.9 Å². The number of furan rings is 1. The van der Waals surface area contributed by atoms with Crippen LogP contribution >= 0.6 is 0 Å². The number of aromatic nitrogens is 2. The Bertz CT molecular complexity index is 1310. The van der Waals surface area contributed by atoms with Gasteiger partial charge >= 0.3 is 0 Å². The molecule has 0 fully saturated rings. The molecule has 8 heteroatoms. The number of benzene rings is 1. The lowest BCUT2D eigenvalue weighted by atomic mass is 10.1. The molecular weight excluding hydrogens is 414 g/mol. The molecule has 0 bridgehead atoms. The lowest BCUT2D eigenvalue weighted by Crippen LogP contribution is -2.19. The second kappa shape index (κ2) is 8.49. The summed E-state index contributed by atoms with van der Waals surface area (Å²) in [6.45, 7) is 1.37. The van der Waals surface area contributed by atoms with Crippen molar-refractivity contribution in [3.63, 3.8) is 0 Å². The van der Waals surface area contributed by atoms with E-state index < -0.39 is 9.84 Å². The van der Waals surface area contributed by atoms with E-state index in [0.717, 1.165) is 23.2 Å². The van der Waals surface area contributed by atoms with E-state index in [2.05, 4.69) is 9.97 Å². The van der Waals surface area contributed by atoms with Crippen molar-refractivity contribution in [3.8, 4) is 28.3 Å². The predicted octanol–water partition coefficient (Wildman–Crippen LogP) is 3.90. The zero-order valence-corrected chi connectivity index (χ0v) is 18.4. The molecular formula is C23H23N3O4S. The van der Waals surface area contributed by atoms with Gasteiger partial charge in [-0.1, -0.05) is 12.1 Å². The van der Waals surface area contributed by atoms with E-state index in [4.69, 9.17) is 9.15 Å². The first-order valence-electron chi connectivity index (χ1n) is 9.74. The minimum absolute atomic E-state index is 0.260. The number of fused-ring (bicyclic) bond motifs is 1. The van der Waals surface area contributed by atoms with Gasteiger partial charge in [-0.05, 0) is 43.9 Å². The summed E-state index contributed by atoms with van der Waals surface area (Å²) in [5, 5.41) is 0. The highest BCUT2D eigenvalue weighted by Crippen LogP contribution is 2.34. The molecule has 4 aromatic rings. The lowest BCUT2D eigenvalue weighted by Gasteiger charge is -2.10. The van der Waals surface area contributed by atoms with Gasteiger partial charge in [0, 0.05) is 48.5 Å². The first-order chi connectivity index (χ1) is 14.8. The topological polar surface area (TPSA) is 85.5 Å². The van der Waals surface area contributed by atoms with Crippen molar-refractivity contribution in [3.05, 3.63) is 60.9 Å². The summed E-state index contributed by atoms with van der Waals surface area (Å²) in [4.78, 5) is 11.1. The van der Waals surface area contributed by atoms with Gasteiger partial charge < -0.3 is 14.1 Å². The highest BCUT2D eigenvalue weighted by atomic mass is 32.2. The minimum Gasteiger partial charge on any atom is -0.476 e. The summed E-state index contributed by atoms with van der Waals surface area (Å²) in [5.41, 5.74) is 3.60. The van der Waals surface area contributed by atoms with Crippen molar-refractivity contribution >= 4 is 20.9 Å². The fraction of sp³-hybridized carbons (Fsp3) is 0.217. The molecule has 0 aliphatic carbocycles. The Morgan fingerprint density at radius 1 is 1.03 bits per heavy atom. The Labute approximate surface area is 181 Å². The van der Waals surface area contributed by atoms with Gasteiger partial charge in [0.15, 0.2) is 15.4 Å². The van der Waals surface area contributed by atoms with Crippen LogP contribution in [0.25, 0.3) is 33.6 Å². The molecule has 3 aromatic heterocycles. The largest absolute Gasteiger partial charge is 0.476 e. The van der Waals surface area contributed by atoms with Gasteiger partial charge in [0.25, 0.3) is 0 Å². The number of pyridine rings is 2. The van der Waals surface area contributed by atoms with Crippen molar-refractivity contribution in [2.24, 2.45) is 0 Å². The fourth-order valence-corrected chi connectivity index (χ4v) is 3.81. The van der Waals surface area contributed by atoms with E-state index in [1.165, 1.54) is 6.26 Å². The monoisotopic (exact) mass is 437 g/mol. The van der Waals surface area contributed by atoms with Crippen LogP contribution in [0.2, 0.25) is 0 Å². The van der Waals surface area contributed by atoms with Crippen LogP contribution in [0, 0.1) is 0 Å². The maximum Gasteiger partial charge on any atom is 0.213 e. The summed E-state index contributed by atoms with van der Waals surface area (Å²) in [6.07, 6.45) is 4.58. The molecule has 160 valence electrons. The summed E-state index contributed by atoms with van der Waals surface area (Å²) in [6, 6.07) is 14.2. The molecule has 7 nitrogen and oxygen atoms in total. The van der Waals surface area contributed by atoms with E-state index in [0.29, 0.717) is 29.3 Å². The average molecular weight is 438 g/mol. The van der Waals surface area contributed by atoms with E-state index in [9.17, 15) is 8.42 Å². The first-order valence-corrected chi connectivity index (χ1v) is 11.6. The molecule has 3 heterocycles. The van der Waals surface area contributed by atoms with Crippen LogP contribution in [0.1, 0.15) is 0 Å². The smallest absolute Gasteiger partial charge is 0.213 e. The van der Waals surface area contributed by atoms with Gasteiger partial charge in [0.2, 0.25) is 5.88 Å². The zero-order chi connectivity index (χ0) is 22.0. The minimum atomic E-state index is -3.31. The van der Waals surface area contributed by atoms with E-state index in [-0.39, 0.29) is 4.90 Å². The van der Waals surface area contributed by atoms with E-state index in [1.807, 2.05) is 49.3 Å². The van der Waals surface area contributed by atoms with Crippen LogP contribution in [-0.4, -0.2) is 56.8 Å². The maximum absolute atomic E-state index is 11.9. The van der Waals surface area contributed by atoms with Gasteiger partial charge in [-0.3, -0.25) is 4.98 Å². The predicted molar refractivity (Wildman–Crippen MR) is 120 cm³/mol. The molecule has 0 aliphatic rings. The highest BCUT2D eigenvalue weighted by Gasteiger charge is 2.15. The third-order valence-electron chi connectivity index (χ3n) is 4.79. The van der Waals surface area contributed by atoms with Crippen molar-refractivity contribution in [2.45, 2.75) is 4.90 Å². The molecule has 0 aliphatic heterocycles. The Balaban J connectivity index is 1.66.